The van der Waals surface area contributed by atoms with E-state index in [2.05, 4.69) is 33.6 Å². The number of anilines is 2. The first-order valence-electron chi connectivity index (χ1n) is 7.58. The zero-order chi connectivity index (χ0) is 14.4. The molecule has 0 amide bonds. The van der Waals surface area contributed by atoms with Gasteiger partial charge >= 0.3 is 0 Å². The lowest BCUT2D eigenvalue weighted by molar-refractivity contribution is 0.0898. The first-order valence-corrected chi connectivity index (χ1v) is 8.40. The Bertz CT molecular complexity index is 667. The highest BCUT2D eigenvalue weighted by Crippen LogP contribution is 2.40. The number of aryl methyl sites for hydroxylation is 1. The van der Waals surface area contributed by atoms with Crippen LogP contribution in [0.15, 0.2) is 6.07 Å². The molecule has 0 bridgehead atoms. The van der Waals surface area contributed by atoms with Crippen LogP contribution in [0.2, 0.25) is 0 Å². The van der Waals surface area contributed by atoms with Gasteiger partial charge in [-0.3, -0.25) is 0 Å². The first kappa shape index (κ1) is 13.3. The molecule has 2 aromatic heterocycles. The average Bonchev–Trinajstić information content (AvgIpc) is 3.09. The van der Waals surface area contributed by atoms with E-state index >= 15 is 0 Å². The molecule has 2 fully saturated rings. The summed E-state index contributed by atoms with van der Waals surface area (Å²) >= 11 is 1.71. The van der Waals surface area contributed by atoms with Crippen LogP contribution < -0.4 is 10.6 Å². The van der Waals surface area contributed by atoms with Crippen LogP contribution in [0.3, 0.4) is 0 Å². The topological polar surface area (TPSA) is 59.1 Å². The van der Waals surface area contributed by atoms with E-state index in [0.29, 0.717) is 18.1 Å². The Balaban J connectivity index is 1.68. The van der Waals surface area contributed by atoms with E-state index in [1.165, 1.54) is 17.7 Å². The van der Waals surface area contributed by atoms with Gasteiger partial charge in [0.15, 0.2) is 0 Å². The first-order chi connectivity index (χ1) is 10.2. The van der Waals surface area contributed by atoms with Gasteiger partial charge in [-0.2, -0.15) is 4.98 Å². The highest BCUT2D eigenvalue weighted by atomic mass is 32.1. The lowest BCUT2D eigenvalue weighted by Crippen LogP contribution is -2.31. The number of hydrogen-bond acceptors (Lipinski definition) is 6. The van der Waals surface area contributed by atoms with Crippen LogP contribution in [-0.4, -0.2) is 35.8 Å². The molecule has 1 saturated carbocycles. The van der Waals surface area contributed by atoms with Gasteiger partial charge in [0.05, 0.1) is 17.5 Å². The van der Waals surface area contributed by atoms with E-state index in [1.54, 1.807) is 11.3 Å². The molecule has 6 heteroatoms. The van der Waals surface area contributed by atoms with Gasteiger partial charge in [-0.05, 0) is 38.2 Å². The number of thiophene rings is 1. The minimum Gasteiger partial charge on any atom is -0.376 e. The van der Waals surface area contributed by atoms with Gasteiger partial charge in [-0.25, -0.2) is 4.98 Å². The van der Waals surface area contributed by atoms with E-state index in [-0.39, 0.29) is 0 Å². The van der Waals surface area contributed by atoms with Gasteiger partial charge in [-0.15, -0.1) is 11.3 Å². The summed E-state index contributed by atoms with van der Waals surface area (Å²) in [7, 11) is 1.86. The summed E-state index contributed by atoms with van der Waals surface area (Å²) in [5.41, 5.74) is 0. The number of fused-ring (bicyclic) bond motifs is 1. The smallest absolute Gasteiger partial charge is 0.225 e. The Hall–Kier alpha value is -1.40. The van der Waals surface area contributed by atoms with Crippen molar-refractivity contribution >= 4 is 33.3 Å². The molecule has 0 radical (unpaired) electrons. The molecule has 2 aromatic rings. The number of nitrogens with one attached hydrogen (secondary N) is 2. The highest BCUT2D eigenvalue weighted by molar-refractivity contribution is 7.18. The normalized spacial score (nSPS) is 25.4. The maximum absolute atomic E-state index is 5.92. The molecule has 5 nitrogen and oxygen atoms in total. The van der Waals surface area contributed by atoms with Crippen LogP contribution >= 0.6 is 11.3 Å². The van der Waals surface area contributed by atoms with Crippen molar-refractivity contribution in [3.05, 3.63) is 10.9 Å². The van der Waals surface area contributed by atoms with E-state index in [0.717, 1.165) is 35.0 Å². The van der Waals surface area contributed by atoms with Crippen molar-refractivity contribution in [2.75, 3.05) is 24.3 Å². The van der Waals surface area contributed by atoms with Crippen molar-refractivity contribution < 1.29 is 4.74 Å². The average molecular weight is 304 g/mol. The molecular formula is C15H20N4OS. The van der Waals surface area contributed by atoms with Crippen LogP contribution in [0.25, 0.3) is 10.2 Å². The number of ether oxygens (including phenoxy) is 1. The summed E-state index contributed by atoms with van der Waals surface area (Å²) in [4.78, 5) is 11.5. The number of aromatic nitrogens is 2. The largest absolute Gasteiger partial charge is 0.376 e. The van der Waals surface area contributed by atoms with Gasteiger partial charge in [0.1, 0.15) is 10.6 Å². The van der Waals surface area contributed by atoms with Crippen molar-refractivity contribution in [3.8, 4) is 0 Å². The van der Waals surface area contributed by atoms with Crippen molar-refractivity contribution in [3.63, 3.8) is 0 Å². The maximum atomic E-state index is 5.92. The number of nitrogens with zero attached hydrogens (tertiary/aromatic N) is 2. The maximum Gasteiger partial charge on any atom is 0.225 e. The van der Waals surface area contributed by atoms with Crippen LogP contribution in [0.4, 0.5) is 11.8 Å². The molecule has 4 rings (SSSR count). The Kier molecular flexibility index (Phi) is 3.23. The summed E-state index contributed by atoms with van der Waals surface area (Å²) in [6.07, 6.45) is 4.03. The van der Waals surface area contributed by atoms with E-state index < -0.39 is 0 Å². The fourth-order valence-corrected chi connectivity index (χ4v) is 3.97. The Labute approximate surface area is 128 Å². The molecule has 2 N–H and O–H groups in total. The van der Waals surface area contributed by atoms with Gasteiger partial charge in [0.2, 0.25) is 5.95 Å². The molecule has 1 aliphatic carbocycles. The summed E-state index contributed by atoms with van der Waals surface area (Å²) in [6, 6.07) is 2.55. The summed E-state index contributed by atoms with van der Waals surface area (Å²) in [5, 5.41) is 7.81. The lowest BCUT2D eigenvalue weighted by Gasteiger charge is -2.20. The fourth-order valence-electron chi connectivity index (χ4n) is 3.09. The Morgan fingerprint density at radius 3 is 2.90 bits per heavy atom. The molecule has 0 aromatic carbocycles. The third-order valence-corrected chi connectivity index (χ3v) is 5.23. The van der Waals surface area contributed by atoms with Crippen LogP contribution in [0.5, 0.6) is 0 Å². The molecule has 3 heterocycles. The highest BCUT2D eigenvalue weighted by Gasteiger charge is 2.40. The van der Waals surface area contributed by atoms with Crippen molar-refractivity contribution in [2.45, 2.75) is 38.3 Å². The number of rotatable bonds is 4. The number of hydrogen-bond donors (Lipinski definition) is 2. The van der Waals surface area contributed by atoms with Crippen molar-refractivity contribution in [2.24, 2.45) is 5.92 Å². The zero-order valence-corrected chi connectivity index (χ0v) is 13.2. The minimum absolute atomic E-state index is 0.354. The molecule has 2 atom stereocenters. The Morgan fingerprint density at radius 1 is 1.29 bits per heavy atom. The minimum atomic E-state index is 0.354. The van der Waals surface area contributed by atoms with E-state index in [9.17, 15) is 0 Å². The second kappa shape index (κ2) is 5.10. The third-order valence-electron chi connectivity index (χ3n) is 4.28. The summed E-state index contributed by atoms with van der Waals surface area (Å²) in [6.45, 7) is 2.97. The molecule has 1 aliphatic heterocycles. The van der Waals surface area contributed by atoms with Gasteiger partial charge in [-0.1, -0.05) is 0 Å². The second-order valence-corrected chi connectivity index (χ2v) is 7.17. The van der Waals surface area contributed by atoms with Crippen LogP contribution in [-0.2, 0) is 4.74 Å². The Morgan fingerprint density at radius 2 is 2.14 bits per heavy atom. The molecule has 0 spiro atoms. The zero-order valence-electron chi connectivity index (χ0n) is 12.3. The quantitative estimate of drug-likeness (QED) is 0.909. The van der Waals surface area contributed by atoms with E-state index in [4.69, 9.17) is 4.74 Å². The summed E-state index contributed by atoms with van der Waals surface area (Å²) < 4.78 is 5.92. The SMILES string of the molecule is CNc1nc(NC2CCOC2C2CC2)c2cc(C)sc2n1. The monoisotopic (exact) mass is 304 g/mol. The molecule has 112 valence electrons. The predicted molar refractivity (Wildman–Crippen MR) is 86.2 cm³/mol. The van der Waals surface area contributed by atoms with Crippen LogP contribution in [0.1, 0.15) is 24.1 Å². The predicted octanol–water partition coefficient (Wildman–Crippen LogP) is 3.02. The summed E-state index contributed by atoms with van der Waals surface area (Å²) in [5.74, 6) is 2.36. The van der Waals surface area contributed by atoms with Gasteiger partial charge < -0.3 is 15.4 Å². The third kappa shape index (κ3) is 2.46. The molecule has 1 saturated heterocycles. The molecule has 21 heavy (non-hydrogen) atoms. The van der Waals surface area contributed by atoms with Gasteiger partial charge in [0, 0.05) is 18.5 Å². The molecule has 2 unspecified atom stereocenters. The van der Waals surface area contributed by atoms with Gasteiger partial charge in [0.25, 0.3) is 0 Å². The van der Waals surface area contributed by atoms with E-state index in [1.807, 2.05) is 7.05 Å². The fraction of sp³-hybridized carbons (Fsp3) is 0.600. The van der Waals surface area contributed by atoms with Crippen LogP contribution in [0, 0.1) is 12.8 Å². The van der Waals surface area contributed by atoms with Crippen molar-refractivity contribution in [1.82, 2.24) is 9.97 Å². The standard InChI is InChI=1S/C15H20N4OS/c1-8-7-10-13(18-15(16-2)19-14(10)21-8)17-11-5-6-20-12(11)9-3-4-9/h7,9,11-12H,3-6H2,1-2H3,(H2,16,17,18,19). The molecular weight excluding hydrogens is 284 g/mol. The lowest BCUT2D eigenvalue weighted by atomic mass is 10.1. The van der Waals surface area contributed by atoms with Crippen molar-refractivity contribution in [1.29, 1.82) is 0 Å². The molecule has 2 aliphatic rings. The second-order valence-electron chi connectivity index (χ2n) is 5.93.